The van der Waals surface area contributed by atoms with Gasteiger partial charge in [-0.3, -0.25) is 9.59 Å². The smallest absolute Gasteiger partial charge is 0.248 e. The Hall–Kier alpha value is -4.19. The highest BCUT2D eigenvalue weighted by Gasteiger charge is 2.27. The minimum Gasteiger partial charge on any atom is -0.491 e. The van der Waals surface area contributed by atoms with Crippen LogP contribution in [-0.2, 0) is 4.74 Å². The van der Waals surface area contributed by atoms with Gasteiger partial charge in [0.2, 0.25) is 17.8 Å². The molecule has 0 bridgehead atoms. The molecule has 3 aromatic rings. The minimum absolute atomic E-state index is 0.0388. The lowest BCUT2D eigenvalue weighted by Gasteiger charge is -2.27. The molecular weight excluding hydrogens is 466 g/mol. The van der Waals surface area contributed by atoms with E-state index in [0.717, 1.165) is 18.4 Å². The Morgan fingerprint density at radius 3 is 2.58 bits per heavy atom. The number of nitrogens with one attached hydrogen (secondary N) is 1. The summed E-state index contributed by atoms with van der Waals surface area (Å²) in [5.74, 6) is 0.216. The third-order valence-corrected chi connectivity index (χ3v) is 6.04. The van der Waals surface area contributed by atoms with Crippen LogP contribution in [0.15, 0.2) is 24.3 Å². The monoisotopic (exact) mass is 497 g/mol. The van der Waals surface area contributed by atoms with Gasteiger partial charge < -0.3 is 47.0 Å². The fourth-order valence-corrected chi connectivity index (χ4v) is 4.33. The Labute approximate surface area is 207 Å². The number of imidazole rings is 1. The molecule has 1 aliphatic rings. The summed E-state index contributed by atoms with van der Waals surface area (Å²) in [7, 11) is 1.62. The van der Waals surface area contributed by atoms with E-state index in [2.05, 4.69) is 10.3 Å². The summed E-state index contributed by atoms with van der Waals surface area (Å²) in [5, 5.41) is 3.32. The lowest BCUT2D eigenvalue weighted by Crippen LogP contribution is -2.24. The molecule has 2 amide bonds. The number of carbonyl (C=O) groups excluding carboxylic acids is 2. The van der Waals surface area contributed by atoms with Crippen LogP contribution in [0, 0.1) is 0 Å². The molecule has 12 nitrogen and oxygen atoms in total. The van der Waals surface area contributed by atoms with Gasteiger partial charge in [0.1, 0.15) is 29.3 Å². The van der Waals surface area contributed by atoms with Crippen molar-refractivity contribution >= 4 is 40.2 Å². The van der Waals surface area contributed by atoms with Crippen molar-refractivity contribution in [2.75, 3.05) is 50.3 Å². The van der Waals surface area contributed by atoms with Crippen LogP contribution in [0.2, 0.25) is 0 Å². The number of amides is 2. The normalized spacial score (nSPS) is 14.4. The molecule has 0 saturated heterocycles. The second-order valence-corrected chi connectivity index (χ2v) is 8.58. The summed E-state index contributed by atoms with van der Waals surface area (Å²) in [6.45, 7) is 1.91. The van der Waals surface area contributed by atoms with Gasteiger partial charge in [0, 0.05) is 37.8 Å². The van der Waals surface area contributed by atoms with Crippen LogP contribution in [0.3, 0.4) is 0 Å². The van der Waals surface area contributed by atoms with Crippen molar-refractivity contribution in [3.8, 4) is 11.5 Å². The lowest BCUT2D eigenvalue weighted by atomic mass is 10.1. The molecule has 36 heavy (non-hydrogen) atoms. The van der Waals surface area contributed by atoms with E-state index in [4.69, 9.17) is 37.1 Å². The number of nitrogens with zero attached hydrogens (tertiary/aromatic N) is 2. The molecule has 0 aliphatic carbocycles. The molecule has 0 fully saturated rings. The third-order valence-electron chi connectivity index (χ3n) is 6.04. The molecule has 9 N–H and O–H groups in total. The van der Waals surface area contributed by atoms with Crippen LogP contribution in [-0.4, -0.2) is 54.8 Å². The Morgan fingerprint density at radius 2 is 1.86 bits per heavy atom. The SMILES string of the molecule is COCCCOc1cc(C(N)=O)cc(N)c1NCCC[C@H]1COc2cc(C(N)=O)cc3nc(N)n1c23. The van der Waals surface area contributed by atoms with Crippen molar-refractivity contribution in [1.82, 2.24) is 9.55 Å². The fourth-order valence-electron chi connectivity index (χ4n) is 4.33. The molecule has 192 valence electrons. The van der Waals surface area contributed by atoms with E-state index < -0.39 is 11.8 Å². The number of primary amides is 2. The molecule has 0 spiro atoms. The number of anilines is 3. The number of rotatable bonds is 12. The van der Waals surface area contributed by atoms with Crippen molar-refractivity contribution in [2.24, 2.45) is 11.5 Å². The Morgan fingerprint density at radius 1 is 1.11 bits per heavy atom. The van der Waals surface area contributed by atoms with Gasteiger partial charge in [0.15, 0.2) is 0 Å². The molecular formula is C24H31N7O5. The van der Waals surface area contributed by atoms with E-state index in [1.807, 2.05) is 4.57 Å². The maximum absolute atomic E-state index is 11.7. The van der Waals surface area contributed by atoms with Gasteiger partial charge in [-0.25, -0.2) is 4.98 Å². The maximum atomic E-state index is 11.7. The summed E-state index contributed by atoms with van der Waals surface area (Å²) in [4.78, 5) is 27.7. The van der Waals surface area contributed by atoms with E-state index in [1.54, 1.807) is 25.3 Å². The molecule has 0 saturated carbocycles. The van der Waals surface area contributed by atoms with E-state index >= 15 is 0 Å². The van der Waals surface area contributed by atoms with Crippen LogP contribution >= 0.6 is 0 Å². The number of nitrogen functional groups attached to an aromatic ring is 2. The number of aromatic nitrogens is 2. The second kappa shape index (κ2) is 10.6. The average Bonchev–Trinajstić information content (AvgIpc) is 3.18. The molecule has 12 heteroatoms. The standard InChI is InChI=1S/C24H31N7O5/c1-34-6-3-7-35-18-10-13(22(26)32)8-16(25)20(18)29-5-2-4-15-12-36-19-11-14(23(27)33)9-17-21(19)31(15)24(28)30-17/h8-11,15,29H,2-7,12,25H2,1H3,(H2,26,32)(H2,27,33)(H2,28,30)/t15-/m0/s1. The van der Waals surface area contributed by atoms with Crippen LogP contribution in [0.5, 0.6) is 11.5 Å². The van der Waals surface area contributed by atoms with Crippen LogP contribution in [0.1, 0.15) is 46.0 Å². The summed E-state index contributed by atoms with van der Waals surface area (Å²) in [6, 6.07) is 6.31. The first-order valence-corrected chi connectivity index (χ1v) is 11.6. The first-order chi connectivity index (χ1) is 17.3. The Bertz CT molecular complexity index is 1290. The lowest BCUT2D eigenvalue weighted by molar-refractivity contribution is 0.0991. The van der Waals surface area contributed by atoms with E-state index in [-0.39, 0.29) is 11.6 Å². The second-order valence-electron chi connectivity index (χ2n) is 8.58. The highest BCUT2D eigenvalue weighted by molar-refractivity contribution is 5.99. The number of benzene rings is 2. The van der Waals surface area contributed by atoms with Gasteiger partial charge in [0.05, 0.1) is 23.9 Å². The van der Waals surface area contributed by atoms with Gasteiger partial charge in [-0.2, -0.15) is 0 Å². The number of nitrogens with two attached hydrogens (primary N) is 4. The number of hydrogen-bond acceptors (Lipinski definition) is 9. The topological polar surface area (TPSA) is 196 Å². The van der Waals surface area contributed by atoms with Gasteiger partial charge in [-0.05, 0) is 37.1 Å². The molecule has 0 unspecified atom stereocenters. The highest BCUT2D eigenvalue weighted by Crippen LogP contribution is 2.38. The van der Waals surface area contributed by atoms with Crippen molar-refractivity contribution in [3.63, 3.8) is 0 Å². The first-order valence-electron chi connectivity index (χ1n) is 11.6. The van der Waals surface area contributed by atoms with Gasteiger partial charge in [0.25, 0.3) is 0 Å². The number of carbonyl (C=O) groups is 2. The first kappa shape index (κ1) is 24.9. The van der Waals surface area contributed by atoms with Crippen LogP contribution < -0.4 is 37.7 Å². The van der Waals surface area contributed by atoms with Crippen molar-refractivity contribution in [3.05, 3.63) is 35.4 Å². The summed E-state index contributed by atoms with van der Waals surface area (Å²) < 4.78 is 18.8. The fraction of sp³-hybridized carbons (Fsp3) is 0.375. The average molecular weight is 498 g/mol. The van der Waals surface area contributed by atoms with E-state index in [0.29, 0.717) is 72.7 Å². The summed E-state index contributed by atoms with van der Waals surface area (Å²) >= 11 is 0. The van der Waals surface area contributed by atoms with Crippen molar-refractivity contribution in [2.45, 2.75) is 25.3 Å². The third kappa shape index (κ3) is 5.08. The molecule has 1 atom stereocenters. The van der Waals surface area contributed by atoms with Crippen LogP contribution in [0.4, 0.5) is 17.3 Å². The molecule has 0 radical (unpaired) electrons. The highest BCUT2D eigenvalue weighted by atomic mass is 16.5. The van der Waals surface area contributed by atoms with E-state index in [1.165, 1.54) is 6.07 Å². The van der Waals surface area contributed by atoms with Crippen molar-refractivity contribution < 1.29 is 23.8 Å². The van der Waals surface area contributed by atoms with Gasteiger partial charge in [-0.1, -0.05) is 0 Å². The summed E-state index contributed by atoms with van der Waals surface area (Å²) in [6.07, 6.45) is 2.17. The molecule has 2 aromatic carbocycles. The van der Waals surface area contributed by atoms with Gasteiger partial charge in [-0.15, -0.1) is 0 Å². The minimum atomic E-state index is -0.584. The molecule has 4 rings (SSSR count). The molecule has 1 aromatic heterocycles. The van der Waals surface area contributed by atoms with Crippen LogP contribution in [0.25, 0.3) is 11.0 Å². The summed E-state index contributed by atoms with van der Waals surface area (Å²) in [5.41, 5.74) is 26.2. The van der Waals surface area contributed by atoms with E-state index in [9.17, 15) is 9.59 Å². The predicted octanol–water partition coefficient (Wildman–Crippen LogP) is 1.64. The number of ether oxygens (including phenoxy) is 3. The van der Waals surface area contributed by atoms with Gasteiger partial charge >= 0.3 is 0 Å². The quantitative estimate of drug-likeness (QED) is 0.182. The number of hydrogen-bond donors (Lipinski definition) is 5. The van der Waals surface area contributed by atoms with Crippen molar-refractivity contribution in [1.29, 1.82) is 0 Å². The zero-order valence-corrected chi connectivity index (χ0v) is 20.1. The molecule has 1 aliphatic heterocycles. The zero-order chi connectivity index (χ0) is 25.8. The maximum Gasteiger partial charge on any atom is 0.248 e. The largest absolute Gasteiger partial charge is 0.491 e. The Kier molecular flexibility index (Phi) is 7.34. The zero-order valence-electron chi connectivity index (χ0n) is 20.1. The number of methoxy groups -OCH3 is 1. The predicted molar refractivity (Wildman–Crippen MR) is 136 cm³/mol. The Balaban J connectivity index is 1.44. The molecule has 2 heterocycles.